The Morgan fingerprint density at radius 2 is 1.76 bits per heavy atom. The highest BCUT2D eigenvalue weighted by Gasteiger charge is 2.64. The van der Waals surface area contributed by atoms with Crippen molar-refractivity contribution in [3.8, 4) is 16.9 Å². The average Bonchev–Trinajstić information content (AvgIpc) is 3.59. The summed E-state index contributed by atoms with van der Waals surface area (Å²) in [6, 6.07) is 13.1. The van der Waals surface area contributed by atoms with Crippen molar-refractivity contribution in [1.82, 2.24) is 19.2 Å². The molecule has 0 spiro atoms. The zero-order valence-electron chi connectivity index (χ0n) is 18.0. The van der Waals surface area contributed by atoms with E-state index in [0.29, 0.717) is 5.56 Å². The molecule has 4 aromatic rings. The van der Waals surface area contributed by atoms with Crippen LogP contribution in [0.4, 0.5) is 13.2 Å². The van der Waals surface area contributed by atoms with E-state index in [1.165, 1.54) is 31.3 Å². The molecule has 34 heavy (non-hydrogen) atoms. The van der Waals surface area contributed by atoms with Crippen molar-refractivity contribution >= 4 is 15.5 Å². The fourth-order valence-electron chi connectivity index (χ4n) is 4.03. The molecule has 0 amide bonds. The number of nitrogens with zero attached hydrogens (tertiary/aromatic N) is 4. The van der Waals surface area contributed by atoms with E-state index in [4.69, 9.17) is 0 Å². The van der Waals surface area contributed by atoms with Gasteiger partial charge in [0.05, 0.1) is 11.2 Å². The van der Waals surface area contributed by atoms with Gasteiger partial charge < -0.3 is 0 Å². The third-order valence-electron chi connectivity index (χ3n) is 6.22. The molecule has 0 radical (unpaired) electrons. The standard InChI is InChI=1S/C23H19F3N4O3S/c1-2-34(32,33)18-12-16(15-6-4-3-5-7-15)13-27-20(18)30-21(31)29-14-17(8-9-19(29)28-30)22(10-11-22)23(24,25)26/h3-9,12-14H,2,10-11H2,1H3. The first-order valence-electron chi connectivity index (χ1n) is 10.5. The van der Waals surface area contributed by atoms with Crippen molar-refractivity contribution in [1.29, 1.82) is 0 Å². The van der Waals surface area contributed by atoms with Crippen LogP contribution in [0, 0.1) is 0 Å². The highest BCUT2D eigenvalue weighted by Crippen LogP contribution is 2.58. The number of fused-ring (bicyclic) bond motifs is 1. The van der Waals surface area contributed by atoms with Crippen LogP contribution in [0.5, 0.6) is 0 Å². The van der Waals surface area contributed by atoms with Gasteiger partial charge in [0.15, 0.2) is 21.3 Å². The maximum Gasteiger partial charge on any atom is 0.398 e. The van der Waals surface area contributed by atoms with E-state index in [1.54, 1.807) is 24.3 Å². The Hall–Kier alpha value is -3.47. The Labute approximate surface area is 192 Å². The van der Waals surface area contributed by atoms with Crippen LogP contribution in [-0.2, 0) is 15.3 Å². The first kappa shape index (κ1) is 22.3. The van der Waals surface area contributed by atoms with Crippen LogP contribution in [0.2, 0.25) is 0 Å². The van der Waals surface area contributed by atoms with Crippen molar-refractivity contribution in [2.45, 2.75) is 36.3 Å². The van der Waals surface area contributed by atoms with Gasteiger partial charge in [-0.1, -0.05) is 43.3 Å². The Morgan fingerprint density at radius 1 is 1.06 bits per heavy atom. The molecule has 1 aliphatic carbocycles. The largest absolute Gasteiger partial charge is 0.398 e. The summed E-state index contributed by atoms with van der Waals surface area (Å²) >= 11 is 0. The minimum atomic E-state index is -4.43. The summed E-state index contributed by atoms with van der Waals surface area (Å²) in [6.07, 6.45) is -1.96. The molecule has 0 unspecified atom stereocenters. The first-order chi connectivity index (χ1) is 16.1. The fourth-order valence-corrected chi connectivity index (χ4v) is 5.06. The predicted molar refractivity (Wildman–Crippen MR) is 119 cm³/mol. The molecule has 7 nitrogen and oxygen atoms in total. The van der Waals surface area contributed by atoms with E-state index in [9.17, 15) is 26.4 Å². The van der Waals surface area contributed by atoms with Gasteiger partial charge in [0.25, 0.3) is 0 Å². The van der Waals surface area contributed by atoms with Gasteiger partial charge in [-0.15, -0.1) is 5.10 Å². The lowest BCUT2D eigenvalue weighted by molar-refractivity contribution is -0.160. The average molecular weight is 488 g/mol. The topological polar surface area (TPSA) is 86.3 Å². The molecule has 0 aliphatic heterocycles. The molecule has 3 heterocycles. The summed E-state index contributed by atoms with van der Waals surface area (Å²) < 4.78 is 68.3. The number of sulfone groups is 1. The first-order valence-corrected chi connectivity index (χ1v) is 12.2. The molecule has 3 aromatic heterocycles. The number of pyridine rings is 2. The van der Waals surface area contributed by atoms with Gasteiger partial charge in [0.2, 0.25) is 0 Å². The quantitative estimate of drug-likeness (QED) is 0.425. The molecule has 1 aliphatic rings. The molecule has 0 atom stereocenters. The van der Waals surface area contributed by atoms with Gasteiger partial charge >= 0.3 is 11.9 Å². The Kier molecular flexibility index (Phi) is 4.94. The van der Waals surface area contributed by atoms with Crippen LogP contribution in [0.25, 0.3) is 22.6 Å². The van der Waals surface area contributed by atoms with E-state index in [0.717, 1.165) is 20.8 Å². The van der Waals surface area contributed by atoms with Crippen LogP contribution in [-0.4, -0.2) is 39.5 Å². The summed E-state index contributed by atoms with van der Waals surface area (Å²) in [5.41, 5.74) is -1.43. The second kappa shape index (κ2) is 7.52. The monoisotopic (exact) mass is 488 g/mol. The Morgan fingerprint density at radius 3 is 2.38 bits per heavy atom. The molecule has 0 saturated heterocycles. The zero-order valence-corrected chi connectivity index (χ0v) is 18.8. The summed E-state index contributed by atoms with van der Waals surface area (Å²) in [6.45, 7) is 1.47. The summed E-state index contributed by atoms with van der Waals surface area (Å²) in [5, 5.41) is 4.16. The summed E-state index contributed by atoms with van der Waals surface area (Å²) in [7, 11) is -3.82. The van der Waals surface area contributed by atoms with Crippen molar-refractivity contribution < 1.29 is 21.6 Å². The molecule has 0 N–H and O–H groups in total. The third-order valence-corrected chi connectivity index (χ3v) is 7.95. The van der Waals surface area contributed by atoms with E-state index in [1.807, 2.05) is 6.07 Å². The maximum atomic E-state index is 13.6. The van der Waals surface area contributed by atoms with Crippen molar-refractivity contribution in [2.75, 3.05) is 5.75 Å². The van der Waals surface area contributed by atoms with Crippen molar-refractivity contribution in [3.05, 3.63) is 77.0 Å². The van der Waals surface area contributed by atoms with Crippen molar-refractivity contribution in [2.24, 2.45) is 0 Å². The van der Waals surface area contributed by atoms with E-state index in [2.05, 4.69) is 10.1 Å². The van der Waals surface area contributed by atoms with Crippen LogP contribution >= 0.6 is 0 Å². The van der Waals surface area contributed by atoms with Gasteiger partial charge in [-0.3, -0.25) is 0 Å². The number of benzene rings is 1. The predicted octanol–water partition coefficient (Wildman–Crippen LogP) is 3.93. The number of halogens is 3. The number of aromatic nitrogens is 4. The normalized spacial score (nSPS) is 15.5. The minimum Gasteiger partial charge on any atom is -0.250 e. The smallest absolute Gasteiger partial charge is 0.250 e. The lowest BCUT2D eigenvalue weighted by Crippen LogP contribution is -2.29. The third kappa shape index (κ3) is 3.42. The zero-order chi connectivity index (χ0) is 24.3. The number of alkyl halides is 3. The van der Waals surface area contributed by atoms with Crippen LogP contribution in [0.15, 0.2) is 70.6 Å². The second-order valence-electron chi connectivity index (χ2n) is 8.24. The molecule has 11 heteroatoms. The van der Waals surface area contributed by atoms with E-state index in [-0.39, 0.29) is 40.5 Å². The fraction of sp³-hybridized carbons (Fsp3) is 0.261. The highest BCUT2D eigenvalue weighted by atomic mass is 32.2. The second-order valence-corrected chi connectivity index (χ2v) is 10.5. The van der Waals surface area contributed by atoms with Crippen LogP contribution < -0.4 is 5.69 Å². The van der Waals surface area contributed by atoms with Gasteiger partial charge in [-0.05, 0) is 36.1 Å². The van der Waals surface area contributed by atoms with Gasteiger partial charge in [-0.25, -0.2) is 22.6 Å². The SMILES string of the molecule is CCS(=O)(=O)c1cc(-c2ccccc2)cnc1-n1nc2ccc(C3(C(F)(F)F)CC3)cn2c1=O. The minimum absolute atomic E-state index is 0.0251. The summed E-state index contributed by atoms with van der Waals surface area (Å²) in [5.74, 6) is -0.436. The van der Waals surface area contributed by atoms with E-state index < -0.39 is 27.1 Å². The highest BCUT2D eigenvalue weighted by molar-refractivity contribution is 7.91. The lowest BCUT2D eigenvalue weighted by Gasteiger charge is -2.19. The molecule has 1 saturated carbocycles. The molecule has 1 fully saturated rings. The Balaban J connectivity index is 1.69. The number of hydrogen-bond donors (Lipinski definition) is 0. The molecular weight excluding hydrogens is 469 g/mol. The number of hydrogen-bond acceptors (Lipinski definition) is 5. The molecule has 176 valence electrons. The molecule has 1 aromatic carbocycles. The van der Waals surface area contributed by atoms with Crippen molar-refractivity contribution in [3.63, 3.8) is 0 Å². The van der Waals surface area contributed by atoms with Crippen LogP contribution in [0.1, 0.15) is 25.3 Å². The molecular formula is C23H19F3N4O3S. The number of rotatable bonds is 5. The molecule has 5 rings (SSSR count). The maximum absolute atomic E-state index is 13.6. The van der Waals surface area contributed by atoms with E-state index >= 15 is 0 Å². The Bertz CT molecular complexity index is 1570. The van der Waals surface area contributed by atoms with Gasteiger partial charge in [-0.2, -0.15) is 17.9 Å². The van der Waals surface area contributed by atoms with Crippen LogP contribution in [0.3, 0.4) is 0 Å². The summed E-state index contributed by atoms with van der Waals surface area (Å²) in [4.78, 5) is 17.2. The van der Waals surface area contributed by atoms with Gasteiger partial charge in [0.1, 0.15) is 4.90 Å². The molecule has 0 bridgehead atoms. The van der Waals surface area contributed by atoms with Gasteiger partial charge in [0, 0.05) is 18.0 Å². The lowest BCUT2D eigenvalue weighted by atomic mass is 9.97.